The first-order chi connectivity index (χ1) is 11.3. The molecule has 130 valence electrons. The van der Waals surface area contributed by atoms with Crippen molar-refractivity contribution in [3.63, 3.8) is 0 Å². The molecule has 1 spiro atoms. The Morgan fingerprint density at radius 1 is 1.25 bits per heavy atom. The van der Waals surface area contributed by atoms with Crippen LogP contribution >= 0.6 is 23.7 Å². The normalized spacial score (nSPS) is 23.5. The van der Waals surface area contributed by atoms with E-state index in [9.17, 15) is 0 Å². The van der Waals surface area contributed by atoms with Crippen molar-refractivity contribution in [2.75, 3.05) is 26.2 Å². The third kappa shape index (κ3) is 4.09. The number of rotatable bonds is 5. The maximum absolute atomic E-state index is 5.78. The SMILES string of the molecule is Cl.c1ccc(OCc2nc(CN3CCC4(CCNC4)C3)cs2)cc1. The van der Waals surface area contributed by atoms with Gasteiger partial charge in [-0.2, -0.15) is 0 Å². The predicted octanol–water partition coefficient (Wildman–Crippen LogP) is 3.33. The summed E-state index contributed by atoms with van der Waals surface area (Å²) in [5, 5.41) is 6.76. The molecule has 2 aliphatic rings. The highest BCUT2D eigenvalue weighted by atomic mass is 35.5. The molecule has 1 aromatic heterocycles. The van der Waals surface area contributed by atoms with Crippen LogP contribution in [0.2, 0.25) is 0 Å². The largest absolute Gasteiger partial charge is 0.486 e. The highest BCUT2D eigenvalue weighted by Crippen LogP contribution is 2.36. The van der Waals surface area contributed by atoms with Gasteiger partial charge in [0.25, 0.3) is 0 Å². The smallest absolute Gasteiger partial charge is 0.140 e. The molecule has 4 rings (SSSR count). The number of nitrogens with one attached hydrogen (secondary N) is 1. The van der Waals surface area contributed by atoms with Crippen molar-refractivity contribution in [3.8, 4) is 5.75 Å². The molecule has 1 aromatic carbocycles. The first kappa shape index (κ1) is 17.7. The zero-order valence-corrected chi connectivity index (χ0v) is 15.4. The van der Waals surface area contributed by atoms with Crippen LogP contribution in [0.1, 0.15) is 23.5 Å². The van der Waals surface area contributed by atoms with Crippen molar-refractivity contribution in [3.05, 3.63) is 46.4 Å². The van der Waals surface area contributed by atoms with Crippen LogP contribution in [0.3, 0.4) is 0 Å². The predicted molar refractivity (Wildman–Crippen MR) is 99.9 cm³/mol. The van der Waals surface area contributed by atoms with Gasteiger partial charge in [0.05, 0.1) is 5.69 Å². The Labute approximate surface area is 153 Å². The minimum Gasteiger partial charge on any atom is -0.486 e. The van der Waals surface area contributed by atoms with E-state index in [-0.39, 0.29) is 12.4 Å². The molecule has 2 saturated heterocycles. The fraction of sp³-hybridized carbons (Fsp3) is 0.500. The van der Waals surface area contributed by atoms with E-state index >= 15 is 0 Å². The van der Waals surface area contributed by atoms with Crippen molar-refractivity contribution in [1.29, 1.82) is 0 Å². The van der Waals surface area contributed by atoms with Gasteiger partial charge in [-0.3, -0.25) is 4.90 Å². The highest BCUT2D eigenvalue weighted by Gasteiger charge is 2.40. The molecule has 24 heavy (non-hydrogen) atoms. The number of halogens is 1. The van der Waals surface area contributed by atoms with E-state index in [1.807, 2.05) is 30.3 Å². The molecule has 6 heteroatoms. The number of hydrogen-bond donors (Lipinski definition) is 1. The molecule has 1 N–H and O–H groups in total. The Morgan fingerprint density at radius 2 is 2.12 bits per heavy atom. The summed E-state index contributed by atoms with van der Waals surface area (Å²) in [5.41, 5.74) is 1.72. The first-order valence-electron chi connectivity index (χ1n) is 8.36. The van der Waals surface area contributed by atoms with Crippen LogP contribution in [0.15, 0.2) is 35.7 Å². The summed E-state index contributed by atoms with van der Waals surface area (Å²) in [7, 11) is 0. The van der Waals surface area contributed by atoms with Crippen LogP contribution in [0, 0.1) is 5.41 Å². The van der Waals surface area contributed by atoms with Crippen LogP contribution in [-0.2, 0) is 13.2 Å². The van der Waals surface area contributed by atoms with Gasteiger partial charge in [-0.25, -0.2) is 4.98 Å². The number of para-hydroxylation sites is 1. The fourth-order valence-electron chi connectivity index (χ4n) is 3.69. The quantitative estimate of drug-likeness (QED) is 0.881. The Kier molecular flexibility index (Phi) is 5.76. The second-order valence-corrected chi connectivity index (χ2v) is 7.66. The number of thiazole rings is 1. The second-order valence-electron chi connectivity index (χ2n) is 6.72. The molecular formula is C18H24ClN3OS. The monoisotopic (exact) mass is 365 g/mol. The lowest BCUT2D eigenvalue weighted by molar-refractivity contribution is 0.266. The molecule has 2 aromatic rings. The van der Waals surface area contributed by atoms with Gasteiger partial charge in [-0.05, 0) is 43.5 Å². The molecule has 1 unspecified atom stereocenters. The molecule has 2 fully saturated rings. The molecule has 0 saturated carbocycles. The molecule has 0 radical (unpaired) electrons. The van der Waals surface area contributed by atoms with Crippen LogP contribution in [0.25, 0.3) is 0 Å². The average Bonchev–Trinajstić information content (AvgIpc) is 3.31. The van der Waals surface area contributed by atoms with E-state index in [2.05, 4.69) is 15.6 Å². The first-order valence-corrected chi connectivity index (χ1v) is 9.24. The number of likely N-dealkylation sites (tertiary alicyclic amines) is 1. The number of nitrogens with zero attached hydrogens (tertiary/aromatic N) is 2. The summed E-state index contributed by atoms with van der Waals surface area (Å²) < 4.78 is 5.78. The maximum Gasteiger partial charge on any atom is 0.140 e. The summed E-state index contributed by atoms with van der Waals surface area (Å²) in [6, 6.07) is 9.94. The Bertz CT molecular complexity index is 643. The summed E-state index contributed by atoms with van der Waals surface area (Å²) in [4.78, 5) is 7.30. The summed E-state index contributed by atoms with van der Waals surface area (Å²) in [5.74, 6) is 0.902. The number of benzene rings is 1. The van der Waals surface area contributed by atoms with Crippen molar-refractivity contribution in [2.45, 2.75) is 26.0 Å². The molecule has 0 amide bonds. The minimum absolute atomic E-state index is 0. The van der Waals surface area contributed by atoms with Gasteiger partial charge in [-0.1, -0.05) is 18.2 Å². The van der Waals surface area contributed by atoms with Gasteiger partial charge in [-0.15, -0.1) is 23.7 Å². The van der Waals surface area contributed by atoms with Crippen molar-refractivity contribution >= 4 is 23.7 Å². The molecular weight excluding hydrogens is 342 g/mol. The lowest BCUT2D eigenvalue weighted by atomic mass is 9.87. The maximum atomic E-state index is 5.78. The number of aromatic nitrogens is 1. The van der Waals surface area contributed by atoms with E-state index in [0.29, 0.717) is 12.0 Å². The highest BCUT2D eigenvalue weighted by molar-refractivity contribution is 7.09. The lowest BCUT2D eigenvalue weighted by Crippen LogP contribution is -2.29. The van der Waals surface area contributed by atoms with E-state index in [0.717, 1.165) is 17.3 Å². The van der Waals surface area contributed by atoms with Crippen LogP contribution < -0.4 is 10.1 Å². The summed E-state index contributed by atoms with van der Waals surface area (Å²) in [6.07, 6.45) is 2.66. The van der Waals surface area contributed by atoms with Gasteiger partial charge < -0.3 is 10.1 Å². The van der Waals surface area contributed by atoms with Crippen molar-refractivity contribution in [2.24, 2.45) is 5.41 Å². The average molecular weight is 366 g/mol. The van der Waals surface area contributed by atoms with Gasteiger partial charge in [0.2, 0.25) is 0 Å². The van der Waals surface area contributed by atoms with Crippen LogP contribution in [0.5, 0.6) is 5.75 Å². The number of ether oxygens (including phenoxy) is 1. The van der Waals surface area contributed by atoms with Gasteiger partial charge in [0, 0.05) is 25.0 Å². The van der Waals surface area contributed by atoms with Gasteiger partial charge in [0.1, 0.15) is 17.4 Å². The molecule has 1 atom stereocenters. The van der Waals surface area contributed by atoms with Gasteiger partial charge >= 0.3 is 0 Å². The zero-order valence-electron chi connectivity index (χ0n) is 13.7. The van der Waals surface area contributed by atoms with Gasteiger partial charge in [0.15, 0.2) is 0 Å². The minimum atomic E-state index is 0. The van der Waals surface area contributed by atoms with Crippen molar-refractivity contribution in [1.82, 2.24) is 15.2 Å². The third-order valence-electron chi connectivity index (χ3n) is 4.94. The molecule has 0 bridgehead atoms. The molecule has 0 aliphatic carbocycles. The van der Waals surface area contributed by atoms with E-state index in [1.54, 1.807) is 11.3 Å². The van der Waals surface area contributed by atoms with Crippen LogP contribution in [0.4, 0.5) is 0 Å². The van der Waals surface area contributed by atoms with Crippen LogP contribution in [-0.4, -0.2) is 36.1 Å². The Balaban J connectivity index is 0.00000169. The Morgan fingerprint density at radius 3 is 2.92 bits per heavy atom. The van der Waals surface area contributed by atoms with E-state index in [1.165, 1.54) is 44.7 Å². The van der Waals surface area contributed by atoms with Crippen molar-refractivity contribution < 1.29 is 4.74 Å². The number of hydrogen-bond acceptors (Lipinski definition) is 5. The standard InChI is InChI=1S/C18H23N3OS.ClH/c1-2-4-16(5-3-1)22-11-17-20-15(12-23-17)10-21-9-7-18(14-21)6-8-19-13-18;/h1-5,12,19H,6-11,13-14H2;1H. The lowest BCUT2D eigenvalue weighted by Gasteiger charge is -2.22. The summed E-state index contributed by atoms with van der Waals surface area (Å²) >= 11 is 1.70. The zero-order chi connectivity index (χ0) is 15.5. The second kappa shape index (κ2) is 7.83. The molecule has 3 heterocycles. The summed E-state index contributed by atoms with van der Waals surface area (Å²) in [6.45, 7) is 6.33. The van der Waals surface area contributed by atoms with E-state index in [4.69, 9.17) is 9.72 Å². The topological polar surface area (TPSA) is 37.4 Å². The Hall–Kier alpha value is -1.14. The molecule has 2 aliphatic heterocycles. The fourth-order valence-corrected chi connectivity index (χ4v) is 4.38. The molecule has 4 nitrogen and oxygen atoms in total. The third-order valence-corrected chi connectivity index (χ3v) is 5.81. The van der Waals surface area contributed by atoms with E-state index < -0.39 is 0 Å².